The Morgan fingerprint density at radius 3 is 1.84 bits per heavy atom. The number of aromatic nitrogens is 1. The summed E-state index contributed by atoms with van der Waals surface area (Å²) in [5.74, 6) is 0.339. The molecule has 0 aliphatic heterocycles. The summed E-state index contributed by atoms with van der Waals surface area (Å²) in [6, 6.07) is 31.6. The highest BCUT2D eigenvalue weighted by atomic mass is 16.3. The fourth-order valence-corrected chi connectivity index (χ4v) is 4.53. The number of aromatic hydroxyl groups is 1. The van der Waals surface area contributed by atoms with E-state index in [0.29, 0.717) is 5.75 Å². The zero-order chi connectivity index (χ0) is 21.6. The maximum Gasteiger partial charge on any atom is 0.123 e. The first-order chi connectivity index (χ1) is 14.9. The Kier molecular flexibility index (Phi) is 4.59. The molecule has 2 nitrogen and oxygen atoms in total. The summed E-state index contributed by atoms with van der Waals surface area (Å²) in [6.45, 7) is 6.64. The molecule has 0 atom stereocenters. The fourth-order valence-electron chi connectivity index (χ4n) is 4.53. The molecule has 0 radical (unpaired) electrons. The van der Waals surface area contributed by atoms with E-state index < -0.39 is 0 Å². The Hall–Kier alpha value is -3.52. The van der Waals surface area contributed by atoms with Gasteiger partial charge in [-0.15, -0.1) is 0 Å². The van der Waals surface area contributed by atoms with Gasteiger partial charge in [0.1, 0.15) is 5.75 Å². The van der Waals surface area contributed by atoms with Crippen LogP contribution in [0.2, 0.25) is 0 Å². The minimum Gasteiger partial charge on any atom is -0.507 e. The average molecular weight is 406 g/mol. The van der Waals surface area contributed by atoms with Crippen molar-refractivity contribution in [1.82, 2.24) is 4.57 Å². The molecule has 0 saturated heterocycles. The van der Waals surface area contributed by atoms with Crippen LogP contribution in [-0.2, 0) is 6.42 Å². The van der Waals surface area contributed by atoms with Crippen molar-refractivity contribution >= 4 is 21.8 Å². The molecule has 0 aliphatic carbocycles. The lowest BCUT2D eigenvalue weighted by molar-refractivity contribution is 0.409. The highest BCUT2D eigenvalue weighted by Crippen LogP contribution is 2.35. The molecule has 0 amide bonds. The molecule has 0 aliphatic rings. The van der Waals surface area contributed by atoms with Gasteiger partial charge in [-0.2, -0.15) is 0 Å². The van der Waals surface area contributed by atoms with E-state index in [2.05, 4.69) is 104 Å². The second-order valence-electron chi connectivity index (χ2n) is 9.51. The van der Waals surface area contributed by atoms with E-state index in [9.17, 15) is 5.11 Å². The maximum atomic E-state index is 10.7. The van der Waals surface area contributed by atoms with Gasteiger partial charge < -0.3 is 9.67 Å². The summed E-state index contributed by atoms with van der Waals surface area (Å²) in [5, 5.41) is 13.2. The Bertz CT molecular complexity index is 1330. The molecule has 4 aromatic carbocycles. The van der Waals surface area contributed by atoms with Crippen molar-refractivity contribution in [1.29, 1.82) is 0 Å². The Morgan fingerprint density at radius 2 is 1.29 bits per heavy atom. The summed E-state index contributed by atoms with van der Waals surface area (Å²) in [4.78, 5) is 0. The van der Waals surface area contributed by atoms with Gasteiger partial charge >= 0.3 is 0 Å². The lowest BCUT2D eigenvalue weighted by Gasteiger charge is -2.18. The predicted molar refractivity (Wildman–Crippen MR) is 131 cm³/mol. The van der Waals surface area contributed by atoms with E-state index in [1.807, 2.05) is 12.1 Å². The molecule has 5 rings (SSSR count). The van der Waals surface area contributed by atoms with E-state index in [1.165, 1.54) is 21.8 Å². The number of nitrogens with zero attached hydrogens (tertiary/aromatic N) is 1. The van der Waals surface area contributed by atoms with Gasteiger partial charge in [0, 0.05) is 22.0 Å². The second kappa shape index (κ2) is 7.31. The van der Waals surface area contributed by atoms with Crippen molar-refractivity contribution in [3.05, 3.63) is 96.6 Å². The summed E-state index contributed by atoms with van der Waals surface area (Å²) in [7, 11) is 0. The third-order valence-corrected chi connectivity index (χ3v) is 5.81. The lowest BCUT2D eigenvalue weighted by atomic mass is 9.87. The maximum absolute atomic E-state index is 10.7. The van der Waals surface area contributed by atoms with Crippen molar-refractivity contribution in [2.75, 3.05) is 0 Å². The van der Waals surface area contributed by atoms with Crippen LogP contribution < -0.4 is 0 Å². The smallest absolute Gasteiger partial charge is 0.123 e. The molecule has 0 bridgehead atoms. The highest BCUT2D eigenvalue weighted by Gasteiger charge is 2.14. The number of phenolic OH excluding ortho intramolecular Hbond substituents is 1. The normalized spacial score (nSPS) is 12.0. The molecule has 1 N–H and O–H groups in total. The lowest BCUT2D eigenvalue weighted by Crippen LogP contribution is -2.08. The average Bonchev–Trinajstić information content (AvgIpc) is 3.08. The van der Waals surface area contributed by atoms with Crippen LogP contribution in [-0.4, -0.2) is 9.67 Å². The van der Waals surface area contributed by atoms with Gasteiger partial charge in [0.2, 0.25) is 0 Å². The van der Waals surface area contributed by atoms with Crippen molar-refractivity contribution in [2.24, 2.45) is 5.41 Å². The fraction of sp³-hybridized carbons (Fsp3) is 0.172. The molecule has 0 fully saturated rings. The summed E-state index contributed by atoms with van der Waals surface area (Å²) in [6.07, 6.45) is 0.938. The van der Waals surface area contributed by atoms with Gasteiger partial charge in [-0.25, -0.2) is 0 Å². The van der Waals surface area contributed by atoms with E-state index in [-0.39, 0.29) is 5.41 Å². The van der Waals surface area contributed by atoms with Crippen molar-refractivity contribution in [2.45, 2.75) is 27.2 Å². The SMILES string of the molecule is CC(C)(C)Cc1ccc(-c2ccc(-n3c4ccccc4c4ccccc43)cc2)c(O)c1. The van der Waals surface area contributed by atoms with E-state index in [0.717, 1.165) is 28.8 Å². The molecule has 0 spiro atoms. The zero-order valence-corrected chi connectivity index (χ0v) is 18.3. The zero-order valence-electron chi connectivity index (χ0n) is 18.3. The molecule has 1 heterocycles. The van der Waals surface area contributed by atoms with Gasteiger partial charge in [0.05, 0.1) is 11.0 Å². The third kappa shape index (κ3) is 3.59. The van der Waals surface area contributed by atoms with Crippen molar-refractivity contribution < 1.29 is 5.11 Å². The number of hydrogen-bond acceptors (Lipinski definition) is 1. The van der Waals surface area contributed by atoms with Gasteiger partial charge in [-0.3, -0.25) is 0 Å². The Balaban J connectivity index is 1.56. The number of phenols is 1. The van der Waals surface area contributed by atoms with Crippen LogP contribution in [0.3, 0.4) is 0 Å². The van der Waals surface area contributed by atoms with Crippen LogP contribution in [0.4, 0.5) is 0 Å². The monoisotopic (exact) mass is 405 g/mol. The van der Waals surface area contributed by atoms with E-state index >= 15 is 0 Å². The van der Waals surface area contributed by atoms with Crippen molar-refractivity contribution in [3.63, 3.8) is 0 Å². The quantitative estimate of drug-likeness (QED) is 0.326. The molecular formula is C29H27NO. The molecule has 5 aromatic rings. The summed E-state index contributed by atoms with van der Waals surface area (Å²) >= 11 is 0. The predicted octanol–water partition coefficient (Wildman–Crippen LogP) is 7.74. The van der Waals surface area contributed by atoms with Gasteiger partial charge in [-0.05, 0) is 53.3 Å². The molecule has 31 heavy (non-hydrogen) atoms. The van der Waals surface area contributed by atoms with E-state index in [1.54, 1.807) is 0 Å². The summed E-state index contributed by atoms with van der Waals surface area (Å²) < 4.78 is 2.31. The second-order valence-corrected chi connectivity index (χ2v) is 9.51. The standard InChI is InChI=1S/C29H27NO/c1-29(2,3)19-20-12-17-23(28(31)18-20)21-13-15-22(16-14-21)30-26-10-6-4-8-24(26)25-9-5-7-11-27(25)30/h4-18,31H,19H2,1-3H3. The first-order valence-corrected chi connectivity index (χ1v) is 10.8. The molecular weight excluding hydrogens is 378 g/mol. The largest absolute Gasteiger partial charge is 0.507 e. The van der Waals surface area contributed by atoms with Crippen LogP contribution in [0, 0.1) is 5.41 Å². The van der Waals surface area contributed by atoms with E-state index in [4.69, 9.17) is 0 Å². The minimum absolute atomic E-state index is 0.192. The summed E-state index contributed by atoms with van der Waals surface area (Å²) in [5.41, 5.74) is 6.76. The first kappa shape index (κ1) is 19.4. The van der Waals surface area contributed by atoms with Crippen LogP contribution in [0.15, 0.2) is 91.0 Å². The topological polar surface area (TPSA) is 25.2 Å². The van der Waals surface area contributed by atoms with Gasteiger partial charge in [0.25, 0.3) is 0 Å². The first-order valence-electron chi connectivity index (χ1n) is 10.8. The minimum atomic E-state index is 0.192. The van der Waals surface area contributed by atoms with Crippen LogP contribution in [0.1, 0.15) is 26.3 Å². The molecule has 154 valence electrons. The number of hydrogen-bond donors (Lipinski definition) is 1. The van der Waals surface area contributed by atoms with Gasteiger partial charge in [-0.1, -0.05) is 81.4 Å². The third-order valence-electron chi connectivity index (χ3n) is 5.81. The number of rotatable bonds is 3. The molecule has 2 heteroatoms. The van der Waals surface area contributed by atoms with Crippen LogP contribution in [0.25, 0.3) is 38.6 Å². The molecule has 0 unspecified atom stereocenters. The Morgan fingerprint density at radius 1 is 0.710 bits per heavy atom. The Labute approximate surface area is 183 Å². The van der Waals surface area contributed by atoms with Gasteiger partial charge in [0.15, 0.2) is 0 Å². The molecule has 1 aromatic heterocycles. The highest BCUT2D eigenvalue weighted by molar-refractivity contribution is 6.09. The van der Waals surface area contributed by atoms with Crippen LogP contribution >= 0.6 is 0 Å². The number of para-hydroxylation sites is 2. The number of benzene rings is 4. The van der Waals surface area contributed by atoms with Crippen LogP contribution in [0.5, 0.6) is 5.75 Å². The number of fused-ring (bicyclic) bond motifs is 3. The molecule has 0 saturated carbocycles. The van der Waals surface area contributed by atoms with Crippen molar-refractivity contribution in [3.8, 4) is 22.6 Å².